The summed E-state index contributed by atoms with van der Waals surface area (Å²) in [6.45, 7) is 0. The normalized spacial score (nSPS) is 16.0. The van der Waals surface area contributed by atoms with E-state index in [0.717, 1.165) is 22.8 Å². The monoisotopic (exact) mass is 244 g/mol. The molecule has 0 saturated carbocycles. The highest BCUT2D eigenvalue weighted by Crippen LogP contribution is 2.38. The predicted molar refractivity (Wildman–Crippen MR) is 58.3 cm³/mol. The number of carboxylic acid groups (broad SMARTS) is 2. The summed E-state index contributed by atoms with van der Waals surface area (Å²) in [6.07, 6.45) is 0. The molecule has 0 spiro atoms. The van der Waals surface area contributed by atoms with Crippen LogP contribution in [0.3, 0.4) is 0 Å². The maximum Gasteiger partial charge on any atom is 0.346 e. The van der Waals surface area contributed by atoms with Crippen LogP contribution in [0.5, 0.6) is 0 Å². The predicted octanol–water partition coefficient (Wildman–Crippen LogP) is 1.97. The highest BCUT2D eigenvalue weighted by molar-refractivity contribution is 8.00. The molecule has 2 N–H and O–H groups in total. The lowest BCUT2D eigenvalue weighted by atomic mass is 10.0. The number of carbonyl (C=O) groups is 2. The molecule has 6 heteroatoms. The summed E-state index contributed by atoms with van der Waals surface area (Å²) in [5.41, 5.74) is 0.684. The van der Waals surface area contributed by atoms with Gasteiger partial charge in [-0.25, -0.2) is 9.59 Å². The standard InChI is InChI=1S/C9H8O4S2/c10-8(11)6-1-5(4-2-14-3-4)7(15-6)9(12)13/h1,4H,2-3H2,(H,10,11)(H,12,13). The van der Waals surface area contributed by atoms with Crippen molar-refractivity contribution in [1.82, 2.24) is 0 Å². The van der Waals surface area contributed by atoms with Crippen LogP contribution < -0.4 is 0 Å². The van der Waals surface area contributed by atoms with Gasteiger partial charge in [0.1, 0.15) is 9.75 Å². The third-order valence-corrected chi connectivity index (χ3v) is 4.65. The molecule has 0 atom stereocenters. The van der Waals surface area contributed by atoms with Gasteiger partial charge in [-0.05, 0) is 11.6 Å². The molecule has 1 fully saturated rings. The Morgan fingerprint density at radius 3 is 2.33 bits per heavy atom. The Bertz CT molecular complexity index is 420. The van der Waals surface area contributed by atoms with Gasteiger partial charge in [0.25, 0.3) is 0 Å². The molecule has 15 heavy (non-hydrogen) atoms. The first-order valence-electron chi connectivity index (χ1n) is 4.27. The second-order valence-corrected chi connectivity index (χ2v) is 5.37. The van der Waals surface area contributed by atoms with Gasteiger partial charge in [0, 0.05) is 17.4 Å². The number of hydrogen-bond donors (Lipinski definition) is 2. The SMILES string of the molecule is O=C(O)c1cc(C2CSC2)c(C(=O)O)s1. The number of hydrogen-bond acceptors (Lipinski definition) is 4. The van der Waals surface area contributed by atoms with E-state index in [1.54, 1.807) is 11.8 Å². The third-order valence-electron chi connectivity index (χ3n) is 2.24. The van der Waals surface area contributed by atoms with Crippen molar-refractivity contribution in [1.29, 1.82) is 0 Å². The highest BCUT2D eigenvalue weighted by Gasteiger charge is 2.28. The van der Waals surface area contributed by atoms with Gasteiger partial charge in [-0.3, -0.25) is 0 Å². The molecule has 2 heterocycles. The van der Waals surface area contributed by atoms with Gasteiger partial charge in [-0.1, -0.05) is 0 Å². The van der Waals surface area contributed by atoms with Crippen molar-refractivity contribution in [3.8, 4) is 0 Å². The van der Waals surface area contributed by atoms with Crippen molar-refractivity contribution < 1.29 is 19.8 Å². The van der Waals surface area contributed by atoms with E-state index in [-0.39, 0.29) is 15.7 Å². The summed E-state index contributed by atoms with van der Waals surface area (Å²) in [5.74, 6) is -0.0999. The molecule has 0 bridgehead atoms. The van der Waals surface area contributed by atoms with Gasteiger partial charge in [0.05, 0.1) is 0 Å². The molecule has 0 aliphatic carbocycles. The Labute approximate surface area is 93.9 Å². The lowest BCUT2D eigenvalue weighted by molar-refractivity contribution is 0.0692. The molecule has 0 unspecified atom stereocenters. The number of thiophene rings is 1. The van der Waals surface area contributed by atoms with Crippen LogP contribution in [0, 0.1) is 0 Å². The molecule has 0 amide bonds. The van der Waals surface area contributed by atoms with Gasteiger partial charge in [-0.2, -0.15) is 11.8 Å². The maximum atomic E-state index is 10.9. The van der Waals surface area contributed by atoms with E-state index in [0.29, 0.717) is 5.56 Å². The first-order valence-corrected chi connectivity index (χ1v) is 6.24. The lowest BCUT2D eigenvalue weighted by Crippen LogP contribution is -2.17. The summed E-state index contributed by atoms with van der Waals surface area (Å²) in [5, 5.41) is 17.7. The minimum absolute atomic E-state index is 0.110. The number of rotatable bonds is 3. The third kappa shape index (κ3) is 1.87. The van der Waals surface area contributed by atoms with Crippen molar-refractivity contribution >= 4 is 35.0 Å². The smallest absolute Gasteiger partial charge is 0.346 e. The van der Waals surface area contributed by atoms with Crippen LogP contribution in [0.1, 0.15) is 30.8 Å². The molecule has 1 aromatic heterocycles. The number of carboxylic acids is 2. The zero-order valence-electron chi connectivity index (χ0n) is 7.60. The second-order valence-electron chi connectivity index (χ2n) is 3.24. The maximum absolute atomic E-state index is 10.9. The van der Waals surface area contributed by atoms with Crippen LogP contribution in [-0.2, 0) is 0 Å². The summed E-state index contributed by atoms with van der Waals surface area (Å²) >= 11 is 2.59. The van der Waals surface area contributed by atoms with Gasteiger partial charge >= 0.3 is 11.9 Å². The fourth-order valence-electron chi connectivity index (χ4n) is 1.40. The van der Waals surface area contributed by atoms with Gasteiger partial charge in [0.15, 0.2) is 0 Å². The van der Waals surface area contributed by atoms with E-state index in [1.807, 2.05) is 0 Å². The van der Waals surface area contributed by atoms with E-state index >= 15 is 0 Å². The van der Waals surface area contributed by atoms with Crippen molar-refractivity contribution in [3.05, 3.63) is 21.4 Å². The second kappa shape index (κ2) is 3.86. The largest absolute Gasteiger partial charge is 0.477 e. The van der Waals surface area contributed by atoms with Crippen molar-refractivity contribution in [2.24, 2.45) is 0 Å². The van der Waals surface area contributed by atoms with E-state index in [4.69, 9.17) is 10.2 Å². The van der Waals surface area contributed by atoms with E-state index < -0.39 is 11.9 Å². The minimum Gasteiger partial charge on any atom is -0.477 e. The Morgan fingerprint density at radius 1 is 1.27 bits per heavy atom. The average molecular weight is 244 g/mol. The van der Waals surface area contributed by atoms with Crippen LogP contribution in [0.2, 0.25) is 0 Å². The Morgan fingerprint density at radius 2 is 1.93 bits per heavy atom. The first-order chi connectivity index (χ1) is 7.09. The Balaban J connectivity index is 2.41. The molecule has 0 radical (unpaired) electrons. The minimum atomic E-state index is -1.05. The fourth-order valence-corrected chi connectivity index (χ4v) is 3.15. The molecule has 1 aliphatic rings. The molecule has 0 aromatic carbocycles. The summed E-state index contributed by atoms with van der Waals surface area (Å²) in [4.78, 5) is 21.9. The molecular weight excluding hydrogens is 236 g/mol. The fraction of sp³-hybridized carbons (Fsp3) is 0.333. The van der Waals surface area contributed by atoms with Crippen molar-refractivity contribution in [2.45, 2.75) is 5.92 Å². The molecule has 4 nitrogen and oxygen atoms in total. The topological polar surface area (TPSA) is 74.6 Å². The molecule has 1 saturated heterocycles. The summed E-state index contributed by atoms with van der Waals surface area (Å²) in [7, 11) is 0. The van der Waals surface area contributed by atoms with Crippen LogP contribution in [-0.4, -0.2) is 33.7 Å². The Hall–Kier alpha value is -1.01. The quantitative estimate of drug-likeness (QED) is 0.850. The number of thioether (sulfide) groups is 1. The molecule has 80 valence electrons. The van der Waals surface area contributed by atoms with Gasteiger partial charge in [-0.15, -0.1) is 11.3 Å². The van der Waals surface area contributed by atoms with Crippen LogP contribution in [0.15, 0.2) is 6.07 Å². The molecule has 1 aromatic rings. The molecule has 1 aliphatic heterocycles. The van der Waals surface area contributed by atoms with Crippen molar-refractivity contribution in [2.75, 3.05) is 11.5 Å². The van der Waals surface area contributed by atoms with Gasteiger partial charge in [0.2, 0.25) is 0 Å². The summed E-state index contributed by atoms with van der Waals surface area (Å²) < 4.78 is 0. The van der Waals surface area contributed by atoms with Crippen LogP contribution in [0.25, 0.3) is 0 Å². The number of aromatic carboxylic acids is 2. The lowest BCUT2D eigenvalue weighted by Gasteiger charge is -2.24. The average Bonchev–Trinajstić information content (AvgIpc) is 2.45. The molecular formula is C9H8O4S2. The highest BCUT2D eigenvalue weighted by atomic mass is 32.2. The summed E-state index contributed by atoms with van der Waals surface area (Å²) in [6, 6.07) is 1.50. The van der Waals surface area contributed by atoms with Gasteiger partial charge < -0.3 is 10.2 Å². The molecule has 2 rings (SSSR count). The van der Waals surface area contributed by atoms with E-state index in [2.05, 4.69) is 0 Å². The van der Waals surface area contributed by atoms with E-state index in [9.17, 15) is 9.59 Å². The Kier molecular flexibility index (Phi) is 2.70. The first kappa shape index (κ1) is 10.5. The van der Waals surface area contributed by atoms with Crippen LogP contribution >= 0.6 is 23.1 Å². The zero-order chi connectivity index (χ0) is 11.0. The van der Waals surface area contributed by atoms with Crippen LogP contribution in [0.4, 0.5) is 0 Å². The zero-order valence-corrected chi connectivity index (χ0v) is 9.23. The van der Waals surface area contributed by atoms with E-state index in [1.165, 1.54) is 6.07 Å². The van der Waals surface area contributed by atoms with Crippen molar-refractivity contribution in [3.63, 3.8) is 0 Å².